The predicted molar refractivity (Wildman–Crippen MR) is 82.4 cm³/mol. The van der Waals surface area contributed by atoms with E-state index in [0.717, 1.165) is 28.3 Å². The van der Waals surface area contributed by atoms with Crippen LogP contribution in [-0.4, -0.2) is 16.5 Å². The van der Waals surface area contributed by atoms with Crippen molar-refractivity contribution in [2.75, 3.05) is 6.54 Å². The fraction of sp³-hybridized carbons (Fsp3) is 0.286. The minimum absolute atomic E-state index is 0.783. The van der Waals surface area contributed by atoms with Gasteiger partial charge in [0.2, 0.25) is 0 Å². The summed E-state index contributed by atoms with van der Waals surface area (Å²) in [6.07, 6.45) is 3.69. The number of halogens is 1. The van der Waals surface area contributed by atoms with Gasteiger partial charge in [-0.2, -0.15) is 0 Å². The molecule has 1 N–H and O–H groups in total. The summed E-state index contributed by atoms with van der Waals surface area (Å²) >= 11 is 5.11. The smallest absolute Gasteiger partial charge is 0.192 e. The Morgan fingerprint density at radius 3 is 2.68 bits per heavy atom. The number of benzene rings is 1. The molecular formula is C14H16BrN3S. The molecule has 1 heterocycles. The molecule has 0 saturated carbocycles. The lowest BCUT2D eigenvalue weighted by Gasteiger charge is -2.09. The van der Waals surface area contributed by atoms with E-state index in [1.165, 1.54) is 10.5 Å². The SMILES string of the molecule is CCNCc1cc(Br)ccc1Sc1ncc(C)cn1. The summed E-state index contributed by atoms with van der Waals surface area (Å²) in [4.78, 5) is 9.86. The van der Waals surface area contributed by atoms with Crippen LogP contribution in [0.25, 0.3) is 0 Å². The molecule has 100 valence electrons. The van der Waals surface area contributed by atoms with Crippen LogP contribution in [0.4, 0.5) is 0 Å². The largest absolute Gasteiger partial charge is 0.313 e. The molecule has 5 heteroatoms. The van der Waals surface area contributed by atoms with E-state index in [1.54, 1.807) is 11.8 Å². The Kier molecular flexibility index (Phi) is 5.36. The van der Waals surface area contributed by atoms with Crippen LogP contribution in [-0.2, 0) is 6.54 Å². The summed E-state index contributed by atoms with van der Waals surface area (Å²) in [5.74, 6) is 0. The van der Waals surface area contributed by atoms with Gasteiger partial charge in [-0.1, -0.05) is 22.9 Å². The van der Waals surface area contributed by atoms with Gasteiger partial charge in [-0.25, -0.2) is 9.97 Å². The first-order chi connectivity index (χ1) is 9.19. The molecule has 3 nitrogen and oxygen atoms in total. The van der Waals surface area contributed by atoms with Gasteiger partial charge in [0.1, 0.15) is 0 Å². The average molecular weight is 338 g/mol. The molecule has 0 spiro atoms. The quantitative estimate of drug-likeness (QED) is 0.842. The van der Waals surface area contributed by atoms with Gasteiger partial charge in [-0.05, 0) is 54.6 Å². The number of nitrogens with zero attached hydrogens (tertiary/aromatic N) is 2. The highest BCUT2D eigenvalue weighted by molar-refractivity contribution is 9.10. The van der Waals surface area contributed by atoms with Crippen molar-refractivity contribution < 1.29 is 0 Å². The van der Waals surface area contributed by atoms with Gasteiger partial charge in [0.25, 0.3) is 0 Å². The molecule has 0 fully saturated rings. The summed E-state index contributed by atoms with van der Waals surface area (Å²) in [7, 11) is 0. The first kappa shape index (κ1) is 14.5. The molecule has 0 atom stereocenters. The number of aryl methyl sites for hydroxylation is 1. The fourth-order valence-electron chi connectivity index (χ4n) is 1.58. The van der Waals surface area contributed by atoms with E-state index in [2.05, 4.69) is 50.3 Å². The third-order valence-electron chi connectivity index (χ3n) is 2.55. The monoisotopic (exact) mass is 337 g/mol. The molecule has 0 amide bonds. The third-order valence-corrected chi connectivity index (χ3v) is 4.05. The van der Waals surface area contributed by atoms with Crippen molar-refractivity contribution in [3.05, 3.63) is 46.2 Å². The maximum atomic E-state index is 4.34. The zero-order valence-corrected chi connectivity index (χ0v) is 13.4. The van der Waals surface area contributed by atoms with Gasteiger partial charge in [0.05, 0.1) is 0 Å². The topological polar surface area (TPSA) is 37.8 Å². The molecule has 0 unspecified atom stereocenters. The van der Waals surface area contributed by atoms with Gasteiger partial charge in [0, 0.05) is 28.3 Å². The first-order valence-electron chi connectivity index (χ1n) is 6.14. The zero-order valence-electron chi connectivity index (χ0n) is 11.0. The Hall–Kier alpha value is -0.910. The lowest BCUT2D eigenvalue weighted by atomic mass is 10.2. The van der Waals surface area contributed by atoms with Crippen molar-refractivity contribution in [2.24, 2.45) is 0 Å². The van der Waals surface area contributed by atoms with E-state index in [1.807, 2.05) is 25.4 Å². The van der Waals surface area contributed by atoms with Crippen molar-refractivity contribution in [3.8, 4) is 0 Å². The van der Waals surface area contributed by atoms with E-state index in [9.17, 15) is 0 Å². The first-order valence-corrected chi connectivity index (χ1v) is 7.75. The summed E-state index contributed by atoms with van der Waals surface area (Å²) in [6, 6.07) is 6.29. The standard InChI is InChI=1S/C14H16BrN3S/c1-3-16-9-11-6-12(15)4-5-13(11)19-14-17-7-10(2)8-18-14/h4-8,16H,3,9H2,1-2H3. The summed E-state index contributed by atoms with van der Waals surface area (Å²) in [5.41, 5.74) is 2.33. The van der Waals surface area contributed by atoms with Crippen LogP contribution in [0.2, 0.25) is 0 Å². The Balaban J connectivity index is 2.20. The number of aromatic nitrogens is 2. The van der Waals surface area contributed by atoms with Gasteiger partial charge < -0.3 is 5.32 Å². The fourth-order valence-corrected chi connectivity index (χ4v) is 2.79. The second kappa shape index (κ2) is 7.03. The molecule has 0 aliphatic heterocycles. The Morgan fingerprint density at radius 2 is 2.00 bits per heavy atom. The number of hydrogen-bond donors (Lipinski definition) is 1. The van der Waals surface area contributed by atoms with Crippen LogP contribution in [0, 0.1) is 6.92 Å². The van der Waals surface area contributed by atoms with Crippen molar-refractivity contribution in [2.45, 2.75) is 30.4 Å². The molecule has 0 radical (unpaired) electrons. The van der Waals surface area contributed by atoms with Gasteiger partial charge in [0.15, 0.2) is 5.16 Å². The highest BCUT2D eigenvalue weighted by atomic mass is 79.9. The second-order valence-corrected chi connectivity index (χ2v) is 6.10. The molecule has 1 aromatic heterocycles. The average Bonchev–Trinajstić information content (AvgIpc) is 2.41. The molecule has 2 rings (SSSR count). The van der Waals surface area contributed by atoms with E-state index in [4.69, 9.17) is 0 Å². The van der Waals surface area contributed by atoms with E-state index in [-0.39, 0.29) is 0 Å². The summed E-state index contributed by atoms with van der Waals surface area (Å²) in [5, 5.41) is 4.14. The van der Waals surface area contributed by atoms with E-state index < -0.39 is 0 Å². The Labute approximate surface area is 126 Å². The Bertz CT molecular complexity index is 543. The number of hydrogen-bond acceptors (Lipinski definition) is 4. The van der Waals surface area contributed by atoms with Crippen LogP contribution < -0.4 is 5.32 Å². The van der Waals surface area contributed by atoms with Crippen LogP contribution in [0.3, 0.4) is 0 Å². The highest BCUT2D eigenvalue weighted by Gasteiger charge is 2.07. The lowest BCUT2D eigenvalue weighted by molar-refractivity contribution is 0.717. The normalized spacial score (nSPS) is 10.7. The lowest BCUT2D eigenvalue weighted by Crippen LogP contribution is -2.12. The van der Waals surface area contributed by atoms with Gasteiger partial charge in [-0.3, -0.25) is 0 Å². The molecule has 2 aromatic rings. The minimum Gasteiger partial charge on any atom is -0.313 e. The third kappa shape index (κ3) is 4.30. The molecule has 19 heavy (non-hydrogen) atoms. The Morgan fingerprint density at radius 1 is 1.26 bits per heavy atom. The van der Waals surface area contributed by atoms with Gasteiger partial charge >= 0.3 is 0 Å². The second-order valence-electron chi connectivity index (χ2n) is 4.18. The molecule has 0 saturated heterocycles. The summed E-state index contributed by atoms with van der Waals surface area (Å²) < 4.78 is 1.09. The van der Waals surface area contributed by atoms with Crippen molar-refractivity contribution in [1.82, 2.24) is 15.3 Å². The molecule has 0 aliphatic carbocycles. The molecule has 0 aliphatic rings. The van der Waals surface area contributed by atoms with Crippen molar-refractivity contribution >= 4 is 27.7 Å². The van der Waals surface area contributed by atoms with Crippen LogP contribution >= 0.6 is 27.7 Å². The van der Waals surface area contributed by atoms with Crippen molar-refractivity contribution in [3.63, 3.8) is 0 Å². The highest BCUT2D eigenvalue weighted by Crippen LogP contribution is 2.29. The molecule has 1 aromatic carbocycles. The zero-order chi connectivity index (χ0) is 13.7. The molecular weight excluding hydrogens is 322 g/mol. The maximum Gasteiger partial charge on any atom is 0.192 e. The predicted octanol–water partition coefficient (Wildman–Crippen LogP) is 3.81. The van der Waals surface area contributed by atoms with Crippen LogP contribution in [0.15, 0.2) is 45.1 Å². The summed E-state index contributed by atoms with van der Waals surface area (Å²) in [6.45, 7) is 5.90. The molecule has 0 bridgehead atoms. The minimum atomic E-state index is 0.783. The van der Waals surface area contributed by atoms with E-state index >= 15 is 0 Å². The maximum absolute atomic E-state index is 4.34. The number of nitrogens with one attached hydrogen (secondary N) is 1. The van der Waals surface area contributed by atoms with Crippen LogP contribution in [0.1, 0.15) is 18.1 Å². The van der Waals surface area contributed by atoms with Crippen LogP contribution in [0.5, 0.6) is 0 Å². The van der Waals surface area contributed by atoms with Gasteiger partial charge in [-0.15, -0.1) is 0 Å². The number of rotatable bonds is 5. The van der Waals surface area contributed by atoms with Crippen molar-refractivity contribution in [1.29, 1.82) is 0 Å². The van der Waals surface area contributed by atoms with E-state index in [0.29, 0.717) is 0 Å².